The van der Waals surface area contributed by atoms with Crippen molar-refractivity contribution in [1.29, 1.82) is 0 Å². The third kappa shape index (κ3) is 4.08. The number of nitrogens with one attached hydrogen (secondary N) is 2. The van der Waals surface area contributed by atoms with Crippen LogP contribution in [0.25, 0.3) is 0 Å². The number of nitrogens with zero attached hydrogens (tertiary/aromatic N) is 3. The lowest BCUT2D eigenvalue weighted by atomic mass is 9.79. The molecule has 0 saturated carbocycles. The van der Waals surface area contributed by atoms with Gasteiger partial charge in [-0.1, -0.05) is 44.2 Å². The van der Waals surface area contributed by atoms with Gasteiger partial charge in [0.15, 0.2) is 0 Å². The molecule has 8 nitrogen and oxygen atoms in total. The number of rotatable bonds is 6. The van der Waals surface area contributed by atoms with Gasteiger partial charge in [-0.05, 0) is 35.2 Å². The summed E-state index contributed by atoms with van der Waals surface area (Å²) in [6.07, 6.45) is 0.737. The van der Waals surface area contributed by atoms with Crippen molar-refractivity contribution < 1.29 is 14.3 Å². The van der Waals surface area contributed by atoms with Crippen LogP contribution in [0.1, 0.15) is 53.1 Å². The molecule has 0 bridgehead atoms. The number of methoxy groups -OCH3 is 1. The Morgan fingerprint density at radius 2 is 1.91 bits per heavy atom. The van der Waals surface area contributed by atoms with Crippen molar-refractivity contribution >= 4 is 17.8 Å². The number of fused-ring (bicyclic) bond motifs is 1. The number of H-pyrrole nitrogens is 1. The van der Waals surface area contributed by atoms with Gasteiger partial charge in [-0.2, -0.15) is 4.98 Å². The second kappa shape index (κ2) is 8.82. The SMILES string of the molecule is COc1ccc([C@H]2[C@H](C(=O)Nc3n[nH]c(CC(C)C)n3)c3ccccc3C(=O)N2C)cc1. The van der Waals surface area contributed by atoms with Crippen LogP contribution in [-0.2, 0) is 11.2 Å². The molecule has 1 aliphatic rings. The first-order valence-electron chi connectivity index (χ1n) is 10.6. The maximum atomic E-state index is 13.6. The van der Waals surface area contributed by atoms with Gasteiger partial charge in [0.2, 0.25) is 11.9 Å². The fourth-order valence-corrected chi connectivity index (χ4v) is 4.19. The number of aromatic amines is 1. The molecule has 4 rings (SSSR count). The van der Waals surface area contributed by atoms with Crippen molar-refractivity contribution in [2.45, 2.75) is 32.2 Å². The Hall–Kier alpha value is -3.68. The van der Waals surface area contributed by atoms with Crippen molar-refractivity contribution in [2.75, 3.05) is 19.5 Å². The standard InChI is InChI=1S/C24H27N5O3/c1-14(2)13-19-25-24(28-27-19)26-22(30)20-17-7-5-6-8-18(17)23(31)29(3)21(20)15-9-11-16(32-4)12-10-15/h5-12,14,20-21H,13H2,1-4H3,(H2,25,26,27,28,30)/t20-,21+/m1/s1. The van der Waals surface area contributed by atoms with Crippen LogP contribution in [0.4, 0.5) is 5.95 Å². The molecule has 2 amide bonds. The number of hydrogen-bond donors (Lipinski definition) is 2. The number of aromatic nitrogens is 3. The first-order valence-corrected chi connectivity index (χ1v) is 10.6. The molecule has 1 aromatic heterocycles. The third-order valence-electron chi connectivity index (χ3n) is 5.69. The summed E-state index contributed by atoms with van der Waals surface area (Å²) in [5, 5.41) is 9.88. The number of anilines is 1. The summed E-state index contributed by atoms with van der Waals surface area (Å²) in [6.45, 7) is 4.18. The molecule has 0 unspecified atom stereocenters. The monoisotopic (exact) mass is 433 g/mol. The van der Waals surface area contributed by atoms with Gasteiger partial charge in [0.05, 0.1) is 19.1 Å². The topological polar surface area (TPSA) is 100 Å². The van der Waals surface area contributed by atoms with E-state index in [0.717, 1.165) is 17.8 Å². The highest BCUT2D eigenvalue weighted by molar-refractivity contribution is 6.03. The van der Waals surface area contributed by atoms with Gasteiger partial charge in [0, 0.05) is 19.0 Å². The van der Waals surface area contributed by atoms with Crippen LogP contribution in [0, 0.1) is 5.92 Å². The molecule has 32 heavy (non-hydrogen) atoms. The van der Waals surface area contributed by atoms with E-state index in [0.29, 0.717) is 22.8 Å². The van der Waals surface area contributed by atoms with E-state index in [-0.39, 0.29) is 17.8 Å². The van der Waals surface area contributed by atoms with Crippen molar-refractivity contribution in [3.8, 4) is 5.75 Å². The molecular formula is C24H27N5O3. The largest absolute Gasteiger partial charge is 0.497 e. The summed E-state index contributed by atoms with van der Waals surface area (Å²) >= 11 is 0. The normalized spacial score (nSPS) is 17.9. The van der Waals surface area contributed by atoms with Gasteiger partial charge < -0.3 is 9.64 Å². The Balaban J connectivity index is 1.72. The Morgan fingerprint density at radius 3 is 2.59 bits per heavy atom. The quantitative estimate of drug-likeness (QED) is 0.619. The van der Waals surface area contributed by atoms with Gasteiger partial charge in [-0.15, -0.1) is 5.10 Å². The van der Waals surface area contributed by atoms with Crippen LogP contribution in [-0.4, -0.2) is 46.1 Å². The van der Waals surface area contributed by atoms with Gasteiger partial charge in [-0.25, -0.2) is 0 Å². The van der Waals surface area contributed by atoms with Crippen LogP contribution < -0.4 is 10.1 Å². The van der Waals surface area contributed by atoms with Gasteiger partial charge in [0.25, 0.3) is 5.91 Å². The summed E-state index contributed by atoms with van der Waals surface area (Å²) < 4.78 is 5.26. The average Bonchev–Trinajstić information content (AvgIpc) is 3.22. The second-order valence-electron chi connectivity index (χ2n) is 8.39. The lowest BCUT2D eigenvalue weighted by Gasteiger charge is -2.39. The van der Waals surface area contributed by atoms with Crippen LogP contribution in [0.3, 0.4) is 0 Å². The molecule has 0 aliphatic carbocycles. The van der Waals surface area contributed by atoms with E-state index in [1.165, 1.54) is 0 Å². The highest BCUT2D eigenvalue weighted by atomic mass is 16.5. The maximum absolute atomic E-state index is 13.6. The molecule has 2 atom stereocenters. The summed E-state index contributed by atoms with van der Waals surface area (Å²) in [4.78, 5) is 32.7. The number of likely N-dealkylation sites (N-methyl/N-ethyl adjacent to an activating group) is 1. The van der Waals surface area contributed by atoms with Crippen molar-refractivity contribution in [3.63, 3.8) is 0 Å². The Bertz CT molecular complexity index is 1120. The number of carbonyl (C=O) groups is 2. The Labute approximate surface area is 187 Å². The molecule has 2 N–H and O–H groups in total. The summed E-state index contributed by atoms with van der Waals surface area (Å²) in [5.74, 6) is 1.05. The van der Waals surface area contributed by atoms with E-state index in [2.05, 4.69) is 34.3 Å². The average molecular weight is 434 g/mol. The zero-order chi connectivity index (χ0) is 22.8. The lowest BCUT2D eigenvalue weighted by molar-refractivity contribution is -0.119. The molecule has 0 fully saturated rings. The van der Waals surface area contributed by atoms with Gasteiger partial charge in [-0.3, -0.25) is 20.0 Å². The van der Waals surface area contributed by atoms with Crippen molar-refractivity contribution in [3.05, 3.63) is 71.0 Å². The van der Waals surface area contributed by atoms with Crippen LogP contribution in [0.5, 0.6) is 5.75 Å². The number of ether oxygens (including phenoxy) is 1. The van der Waals surface area contributed by atoms with E-state index in [1.807, 2.05) is 36.4 Å². The molecule has 8 heteroatoms. The number of carbonyl (C=O) groups excluding carboxylic acids is 2. The molecule has 2 aromatic carbocycles. The summed E-state index contributed by atoms with van der Waals surface area (Å²) in [5.41, 5.74) is 2.05. The molecule has 0 spiro atoms. The third-order valence-corrected chi connectivity index (χ3v) is 5.69. The van der Waals surface area contributed by atoms with E-state index < -0.39 is 12.0 Å². The van der Waals surface area contributed by atoms with Crippen molar-refractivity contribution in [2.24, 2.45) is 5.92 Å². The predicted molar refractivity (Wildman–Crippen MR) is 121 cm³/mol. The van der Waals surface area contributed by atoms with Crippen LogP contribution >= 0.6 is 0 Å². The maximum Gasteiger partial charge on any atom is 0.254 e. The summed E-state index contributed by atoms with van der Waals surface area (Å²) in [7, 11) is 3.32. The number of hydrogen-bond acceptors (Lipinski definition) is 5. The molecule has 2 heterocycles. The molecule has 3 aromatic rings. The van der Waals surface area contributed by atoms with E-state index in [4.69, 9.17) is 4.74 Å². The highest BCUT2D eigenvalue weighted by Gasteiger charge is 2.42. The highest BCUT2D eigenvalue weighted by Crippen LogP contribution is 2.42. The summed E-state index contributed by atoms with van der Waals surface area (Å²) in [6, 6.07) is 14.2. The van der Waals surface area contributed by atoms with Gasteiger partial charge in [0.1, 0.15) is 11.6 Å². The van der Waals surface area contributed by atoms with Crippen LogP contribution in [0.2, 0.25) is 0 Å². The molecule has 0 radical (unpaired) electrons. The fraction of sp³-hybridized carbons (Fsp3) is 0.333. The van der Waals surface area contributed by atoms with E-state index >= 15 is 0 Å². The molecular weight excluding hydrogens is 406 g/mol. The first kappa shape index (κ1) is 21.5. The lowest BCUT2D eigenvalue weighted by Crippen LogP contribution is -2.44. The number of benzene rings is 2. The zero-order valence-corrected chi connectivity index (χ0v) is 18.6. The molecule has 1 aliphatic heterocycles. The van der Waals surface area contributed by atoms with Crippen molar-refractivity contribution in [1.82, 2.24) is 20.1 Å². The molecule has 0 saturated heterocycles. The predicted octanol–water partition coefficient (Wildman–Crippen LogP) is 3.56. The minimum absolute atomic E-state index is 0.123. The molecule has 166 valence electrons. The van der Waals surface area contributed by atoms with E-state index in [9.17, 15) is 9.59 Å². The minimum atomic E-state index is -0.630. The van der Waals surface area contributed by atoms with Gasteiger partial charge >= 0.3 is 0 Å². The minimum Gasteiger partial charge on any atom is -0.497 e. The smallest absolute Gasteiger partial charge is 0.254 e. The number of amides is 2. The van der Waals surface area contributed by atoms with Crippen LogP contribution in [0.15, 0.2) is 48.5 Å². The second-order valence-corrected chi connectivity index (χ2v) is 8.39. The fourth-order valence-electron chi connectivity index (χ4n) is 4.19. The Kier molecular flexibility index (Phi) is 5.94. The first-order chi connectivity index (χ1) is 15.4. The van der Waals surface area contributed by atoms with E-state index in [1.54, 1.807) is 31.2 Å². The Morgan fingerprint density at radius 1 is 1.19 bits per heavy atom. The zero-order valence-electron chi connectivity index (χ0n) is 18.6.